The van der Waals surface area contributed by atoms with E-state index in [0.29, 0.717) is 24.4 Å². The van der Waals surface area contributed by atoms with Gasteiger partial charge in [-0.05, 0) is 42.2 Å². The van der Waals surface area contributed by atoms with Crippen molar-refractivity contribution in [3.05, 3.63) is 58.7 Å². The zero-order chi connectivity index (χ0) is 19.1. The minimum Gasteiger partial charge on any atom is -0.392 e. The van der Waals surface area contributed by atoms with Crippen molar-refractivity contribution in [3.8, 4) is 0 Å². The average Bonchev–Trinajstić information content (AvgIpc) is 2.59. The first-order chi connectivity index (χ1) is 12.1. The molecule has 0 amide bonds. The molecule has 0 aliphatic carbocycles. The molecule has 3 rings (SSSR count). The van der Waals surface area contributed by atoms with E-state index in [0.717, 1.165) is 22.3 Å². The summed E-state index contributed by atoms with van der Waals surface area (Å²) in [6, 6.07) is 11.3. The standard InChI is InChI=1S/C20H27NO3SSi/c1-15-5-7-19(8-6-15)25(23,24)21-10-9-16-11-18(14-22)20(26(2,3)4)12-17(16)13-21/h5-8,11-12,22H,9-10,13-14H2,1-4H3. The normalized spacial score (nSPS) is 15.7. The maximum atomic E-state index is 13.0. The highest BCUT2D eigenvalue weighted by atomic mass is 32.2. The maximum Gasteiger partial charge on any atom is 0.243 e. The van der Waals surface area contributed by atoms with E-state index < -0.39 is 18.1 Å². The van der Waals surface area contributed by atoms with E-state index in [1.54, 1.807) is 16.4 Å². The van der Waals surface area contributed by atoms with Crippen molar-refractivity contribution >= 4 is 23.3 Å². The average molecular weight is 390 g/mol. The molecule has 4 nitrogen and oxygen atoms in total. The summed E-state index contributed by atoms with van der Waals surface area (Å²) in [7, 11) is -5.11. The predicted octanol–water partition coefficient (Wildman–Crippen LogP) is 2.78. The molecular weight excluding hydrogens is 362 g/mol. The van der Waals surface area contributed by atoms with Crippen molar-refractivity contribution in [2.24, 2.45) is 0 Å². The van der Waals surface area contributed by atoms with E-state index in [2.05, 4.69) is 31.8 Å². The monoisotopic (exact) mass is 389 g/mol. The number of hydrogen-bond donors (Lipinski definition) is 1. The van der Waals surface area contributed by atoms with Crippen LogP contribution in [-0.2, 0) is 29.6 Å². The molecule has 1 aliphatic rings. The second-order valence-electron chi connectivity index (χ2n) is 8.09. The number of aliphatic hydroxyl groups is 1. The zero-order valence-corrected chi connectivity index (χ0v) is 17.7. The minimum absolute atomic E-state index is 0.0399. The second-order valence-corrected chi connectivity index (χ2v) is 15.1. The van der Waals surface area contributed by atoms with E-state index in [9.17, 15) is 13.5 Å². The molecule has 2 aromatic rings. The van der Waals surface area contributed by atoms with Gasteiger partial charge in [0.2, 0.25) is 10.0 Å². The van der Waals surface area contributed by atoms with Crippen molar-refractivity contribution in [2.45, 2.75) is 51.0 Å². The quantitative estimate of drug-likeness (QED) is 0.818. The van der Waals surface area contributed by atoms with Crippen LogP contribution in [-0.4, -0.2) is 32.4 Å². The van der Waals surface area contributed by atoms with E-state index in [-0.39, 0.29) is 6.61 Å². The van der Waals surface area contributed by atoms with E-state index in [4.69, 9.17) is 0 Å². The molecular formula is C20H27NO3SSi. The summed E-state index contributed by atoms with van der Waals surface area (Å²) in [6.45, 7) is 9.60. The Kier molecular flexibility index (Phi) is 5.14. The Morgan fingerprint density at radius 1 is 1.08 bits per heavy atom. The Balaban J connectivity index is 1.97. The van der Waals surface area contributed by atoms with Crippen molar-refractivity contribution in [2.75, 3.05) is 6.54 Å². The number of fused-ring (bicyclic) bond motifs is 1. The van der Waals surface area contributed by atoms with Gasteiger partial charge in [-0.3, -0.25) is 0 Å². The van der Waals surface area contributed by atoms with Crippen LogP contribution >= 0.6 is 0 Å². The predicted molar refractivity (Wildman–Crippen MR) is 108 cm³/mol. The third kappa shape index (κ3) is 3.64. The van der Waals surface area contributed by atoms with Crippen LogP contribution in [0, 0.1) is 6.92 Å². The van der Waals surface area contributed by atoms with Crippen molar-refractivity contribution < 1.29 is 13.5 Å². The molecule has 0 saturated heterocycles. The van der Waals surface area contributed by atoms with Gasteiger partial charge >= 0.3 is 0 Å². The third-order valence-corrected chi connectivity index (χ3v) is 8.98. The number of benzene rings is 2. The lowest BCUT2D eigenvalue weighted by Gasteiger charge is -2.31. The number of hydrogen-bond acceptors (Lipinski definition) is 3. The molecule has 26 heavy (non-hydrogen) atoms. The van der Waals surface area contributed by atoms with Crippen LogP contribution in [0.15, 0.2) is 41.3 Å². The number of rotatable bonds is 4. The Morgan fingerprint density at radius 3 is 2.31 bits per heavy atom. The van der Waals surface area contributed by atoms with Gasteiger partial charge in [0.25, 0.3) is 0 Å². The Morgan fingerprint density at radius 2 is 1.73 bits per heavy atom. The van der Waals surface area contributed by atoms with Crippen LogP contribution in [0.25, 0.3) is 0 Å². The molecule has 0 radical (unpaired) electrons. The van der Waals surface area contributed by atoms with E-state index in [1.807, 2.05) is 19.1 Å². The highest BCUT2D eigenvalue weighted by molar-refractivity contribution is 7.89. The van der Waals surface area contributed by atoms with Gasteiger partial charge in [0.1, 0.15) is 0 Å². The maximum absolute atomic E-state index is 13.0. The van der Waals surface area contributed by atoms with Crippen LogP contribution in [0.5, 0.6) is 0 Å². The fraction of sp³-hybridized carbons (Fsp3) is 0.400. The fourth-order valence-electron chi connectivity index (χ4n) is 3.53. The summed E-state index contributed by atoms with van der Waals surface area (Å²) in [5, 5.41) is 11.0. The summed E-state index contributed by atoms with van der Waals surface area (Å²) >= 11 is 0. The van der Waals surface area contributed by atoms with Crippen LogP contribution in [0.1, 0.15) is 22.3 Å². The smallest absolute Gasteiger partial charge is 0.243 e. The summed E-state index contributed by atoms with van der Waals surface area (Å²) in [6.07, 6.45) is 0.680. The summed E-state index contributed by atoms with van der Waals surface area (Å²) < 4.78 is 27.6. The lowest BCUT2D eigenvalue weighted by molar-refractivity contribution is 0.282. The lowest BCUT2D eigenvalue weighted by atomic mass is 9.98. The van der Waals surface area contributed by atoms with Crippen LogP contribution in [0.2, 0.25) is 19.6 Å². The molecule has 140 valence electrons. The van der Waals surface area contributed by atoms with Gasteiger partial charge in [0.15, 0.2) is 0 Å². The lowest BCUT2D eigenvalue weighted by Crippen LogP contribution is -2.42. The second kappa shape index (κ2) is 6.92. The first-order valence-corrected chi connectivity index (χ1v) is 13.9. The molecule has 0 saturated carbocycles. The number of sulfonamides is 1. The van der Waals surface area contributed by atoms with Gasteiger partial charge < -0.3 is 5.11 Å². The van der Waals surface area contributed by atoms with Gasteiger partial charge in [0.05, 0.1) is 19.6 Å². The minimum atomic E-state index is -3.49. The summed E-state index contributed by atoms with van der Waals surface area (Å²) in [5.41, 5.74) is 4.27. The number of aliphatic hydroxyl groups excluding tert-OH is 1. The van der Waals surface area contributed by atoms with Crippen LogP contribution in [0.4, 0.5) is 0 Å². The molecule has 0 bridgehead atoms. The molecule has 0 unspecified atom stereocenters. The molecule has 0 fully saturated rings. The highest BCUT2D eigenvalue weighted by Gasteiger charge is 2.30. The molecule has 1 aliphatic heterocycles. The highest BCUT2D eigenvalue weighted by Crippen LogP contribution is 2.26. The zero-order valence-electron chi connectivity index (χ0n) is 15.9. The molecule has 2 aromatic carbocycles. The van der Waals surface area contributed by atoms with Crippen molar-refractivity contribution in [1.29, 1.82) is 0 Å². The molecule has 6 heteroatoms. The Labute approximate surface area is 157 Å². The van der Waals surface area contributed by atoms with Crippen molar-refractivity contribution in [3.63, 3.8) is 0 Å². The van der Waals surface area contributed by atoms with Gasteiger partial charge in [-0.2, -0.15) is 4.31 Å². The van der Waals surface area contributed by atoms with Gasteiger partial charge in [-0.15, -0.1) is 0 Å². The molecule has 0 aromatic heterocycles. The number of nitrogens with zero attached hydrogens (tertiary/aromatic N) is 1. The largest absolute Gasteiger partial charge is 0.392 e. The van der Waals surface area contributed by atoms with Gasteiger partial charge in [0, 0.05) is 13.1 Å². The fourth-order valence-corrected chi connectivity index (χ4v) is 6.67. The summed E-state index contributed by atoms with van der Waals surface area (Å²) in [5.74, 6) is 0. The van der Waals surface area contributed by atoms with Crippen molar-refractivity contribution in [1.82, 2.24) is 4.31 Å². The van der Waals surface area contributed by atoms with Crippen LogP contribution < -0.4 is 5.19 Å². The first-order valence-electron chi connectivity index (χ1n) is 8.96. The first kappa shape index (κ1) is 19.3. The Bertz CT molecular complexity index is 915. The van der Waals surface area contributed by atoms with E-state index in [1.165, 1.54) is 5.19 Å². The molecule has 0 atom stereocenters. The molecule has 1 N–H and O–H groups in total. The number of aryl methyl sites for hydroxylation is 1. The third-order valence-electron chi connectivity index (χ3n) is 5.04. The van der Waals surface area contributed by atoms with Gasteiger partial charge in [-0.25, -0.2) is 8.42 Å². The topological polar surface area (TPSA) is 57.6 Å². The SMILES string of the molecule is Cc1ccc(S(=O)(=O)N2CCc3cc(CO)c([Si](C)(C)C)cc3C2)cc1. The van der Waals surface area contributed by atoms with E-state index >= 15 is 0 Å². The molecule has 1 heterocycles. The molecule has 0 spiro atoms. The Hall–Kier alpha value is -1.47. The summed E-state index contributed by atoms with van der Waals surface area (Å²) in [4.78, 5) is 0.351. The van der Waals surface area contributed by atoms with Gasteiger partial charge in [-0.1, -0.05) is 54.7 Å². The van der Waals surface area contributed by atoms with Crippen LogP contribution in [0.3, 0.4) is 0 Å².